The van der Waals surface area contributed by atoms with Gasteiger partial charge in [0.25, 0.3) is 5.91 Å². The van der Waals surface area contributed by atoms with E-state index in [2.05, 4.69) is 40.5 Å². The van der Waals surface area contributed by atoms with Crippen LogP contribution in [0.25, 0.3) is 16.8 Å². The van der Waals surface area contributed by atoms with Crippen molar-refractivity contribution < 1.29 is 9.21 Å². The Balaban J connectivity index is 1.71. The fourth-order valence-electron chi connectivity index (χ4n) is 3.24. The minimum atomic E-state index is -0.205. The molecule has 6 heteroatoms. The lowest BCUT2D eigenvalue weighted by Gasteiger charge is -2.08. The van der Waals surface area contributed by atoms with Gasteiger partial charge in [-0.15, -0.1) is 0 Å². The van der Waals surface area contributed by atoms with Gasteiger partial charge in [-0.3, -0.25) is 4.79 Å². The first-order chi connectivity index (χ1) is 13.0. The predicted octanol–water partition coefficient (Wildman–Crippen LogP) is 3.84. The van der Waals surface area contributed by atoms with Crippen LogP contribution < -0.4 is 5.32 Å². The first-order valence-electron chi connectivity index (χ1n) is 8.77. The second-order valence-corrected chi connectivity index (χ2v) is 6.58. The van der Waals surface area contributed by atoms with Gasteiger partial charge in [-0.2, -0.15) is 5.10 Å². The molecule has 0 radical (unpaired) electrons. The molecule has 0 aliphatic rings. The van der Waals surface area contributed by atoms with Crippen molar-refractivity contribution in [3.05, 3.63) is 77.1 Å². The van der Waals surface area contributed by atoms with Crippen LogP contribution in [0.15, 0.2) is 53.3 Å². The lowest BCUT2D eigenvalue weighted by molar-refractivity contribution is 0.0946. The molecule has 1 N–H and O–H groups in total. The fraction of sp³-hybridized carbons (Fsp3) is 0.190. The quantitative estimate of drug-likeness (QED) is 0.600. The molecule has 1 aromatic carbocycles. The summed E-state index contributed by atoms with van der Waals surface area (Å²) in [6.45, 7) is 6.23. The Hall–Kier alpha value is -3.41. The lowest BCUT2D eigenvalue weighted by atomic mass is 10.0. The molecule has 3 heterocycles. The Morgan fingerprint density at radius 3 is 2.78 bits per heavy atom. The Kier molecular flexibility index (Phi) is 4.24. The van der Waals surface area contributed by atoms with Gasteiger partial charge in [0.05, 0.1) is 29.8 Å². The summed E-state index contributed by atoms with van der Waals surface area (Å²) in [5.41, 5.74) is 6.11. The van der Waals surface area contributed by atoms with Crippen LogP contribution in [0.4, 0.5) is 0 Å². The summed E-state index contributed by atoms with van der Waals surface area (Å²) < 4.78 is 6.99. The van der Waals surface area contributed by atoms with E-state index in [-0.39, 0.29) is 5.91 Å². The molecule has 0 aliphatic heterocycles. The maximum atomic E-state index is 12.6. The van der Waals surface area contributed by atoms with Gasteiger partial charge in [-0.05, 0) is 38.5 Å². The topological polar surface area (TPSA) is 72.4 Å². The molecule has 0 atom stereocenters. The van der Waals surface area contributed by atoms with Gasteiger partial charge in [0, 0.05) is 11.8 Å². The summed E-state index contributed by atoms with van der Waals surface area (Å²) >= 11 is 0. The van der Waals surface area contributed by atoms with Gasteiger partial charge in [0.2, 0.25) is 0 Å². The molecule has 136 valence electrons. The standard InChI is InChI=1S/C21H20N4O2/c1-13-6-4-7-16(10-13)19-14(2)24-25-15(3)18(12-22-20(19)25)21(26)23-11-17-8-5-9-27-17/h4-10,12H,11H2,1-3H3,(H,23,26). The zero-order chi connectivity index (χ0) is 19.0. The Morgan fingerprint density at radius 2 is 2.04 bits per heavy atom. The number of amides is 1. The molecule has 0 bridgehead atoms. The number of rotatable bonds is 4. The summed E-state index contributed by atoms with van der Waals surface area (Å²) in [5.74, 6) is 0.496. The molecule has 4 aromatic rings. The van der Waals surface area contributed by atoms with Crippen LogP contribution in [0.2, 0.25) is 0 Å². The van der Waals surface area contributed by atoms with Crippen molar-refractivity contribution >= 4 is 11.6 Å². The van der Waals surface area contributed by atoms with Crippen LogP contribution in [0, 0.1) is 20.8 Å². The normalized spacial score (nSPS) is 11.1. The van der Waals surface area contributed by atoms with Gasteiger partial charge in [-0.25, -0.2) is 9.50 Å². The summed E-state index contributed by atoms with van der Waals surface area (Å²) in [6.07, 6.45) is 3.20. The summed E-state index contributed by atoms with van der Waals surface area (Å²) in [5, 5.41) is 7.48. The van der Waals surface area contributed by atoms with Gasteiger partial charge < -0.3 is 9.73 Å². The maximum Gasteiger partial charge on any atom is 0.255 e. The highest BCUT2D eigenvalue weighted by molar-refractivity contribution is 5.95. The van der Waals surface area contributed by atoms with Crippen LogP contribution in [-0.2, 0) is 6.54 Å². The van der Waals surface area contributed by atoms with Crippen molar-refractivity contribution in [3.63, 3.8) is 0 Å². The number of furan rings is 1. The van der Waals surface area contributed by atoms with E-state index in [1.165, 1.54) is 5.56 Å². The number of carbonyl (C=O) groups excluding carboxylic acids is 1. The maximum absolute atomic E-state index is 12.6. The number of aryl methyl sites for hydroxylation is 3. The number of hydrogen-bond donors (Lipinski definition) is 1. The Bertz CT molecular complexity index is 1130. The van der Waals surface area contributed by atoms with E-state index in [9.17, 15) is 4.79 Å². The number of nitrogens with zero attached hydrogens (tertiary/aromatic N) is 3. The Labute approximate surface area is 156 Å². The van der Waals surface area contributed by atoms with E-state index < -0.39 is 0 Å². The SMILES string of the molecule is Cc1cccc(-c2c(C)nn3c(C)c(C(=O)NCc4ccco4)cnc23)c1. The minimum absolute atomic E-state index is 0.205. The second-order valence-electron chi connectivity index (χ2n) is 6.58. The van der Waals surface area contributed by atoms with Crippen molar-refractivity contribution in [1.82, 2.24) is 19.9 Å². The van der Waals surface area contributed by atoms with Crippen molar-refractivity contribution in [3.8, 4) is 11.1 Å². The lowest BCUT2D eigenvalue weighted by Crippen LogP contribution is -2.24. The monoisotopic (exact) mass is 360 g/mol. The van der Waals surface area contributed by atoms with Gasteiger partial charge in [-0.1, -0.05) is 29.8 Å². The molecule has 0 fully saturated rings. The van der Waals surface area contributed by atoms with E-state index in [4.69, 9.17) is 4.42 Å². The molecule has 0 saturated heterocycles. The first-order valence-corrected chi connectivity index (χ1v) is 8.77. The minimum Gasteiger partial charge on any atom is -0.467 e. The van der Waals surface area contributed by atoms with E-state index >= 15 is 0 Å². The van der Waals surface area contributed by atoms with Crippen molar-refractivity contribution in [2.45, 2.75) is 27.3 Å². The fourth-order valence-corrected chi connectivity index (χ4v) is 3.24. The van der Waals surface area contributed by atoms with E-state index in [1.54, 1.807) is 23.0 Å². The largest absolute Gasteiger partial charge is 0.467 e. The third-order valence-corrected chi connectivity index (χ3v) is 4.61. The molecule has 6 nitrogen and oxygen atoms in total. The number of benzene rings is 1. The van der Waals surface area contributed by atoms with Crippen LogP contribution >= 0.6 is 0 Å². The van der Waals surface area contributed by atoms with Gasteiger partial charge >= 0.3 is 0 Å². The van der Waals surface area contributed by atoms with E-state index in [1.807, 2.05) is 26.0 Å². The molecule has 27 heavy (non-hydrogen) atoms. The molecular formula is C21H20N4O2. The highest BCUT2D eigenvalue weighted by Crippen LogP contribution is 2.28. The second kappa shape index (κ2) is 6.72. The molecule has 0 aliphatic carbocycles. The number of aromatic nitrogens is 3. The average Bonchev–Trinajstić information content (AvgIpc) is 3.27. The van der Waals surface area contributed by atoms with Crippen molar-refractivity contribution in [2.75, 3.05) is 0 Å². The van der Waals surface area contributed by atoms with Crippen LogP contribution in [0.3, 0.4) is 0 Å². The summed E-state index contributed by atoms with van der Waals surface area (Å²) in [7, 11) is 0. The molecule has 4 rings (SSSR count). The predicted molar refractivity (Wildman–Crippen MR) is 103 cm³/mol. The smallest absolute Gasteiger partial charge is 0.255 e. The molecule has 3 aromatic heterocycles. The Morgan fingerprint density at radius 1 is 1.19 bits per heavy atom. The van der Waals surface area contributed by atoms with E-state index in [0.717, 1.165) is 28.2 Å². The number of carbonyl (C=O) groups is 1. The zero-order valence-electron chi connectivity index (χ0n) is 15.5. The number of fused-ring (bicyclic) bond motifs is 1. The summed E-state index contributed by atoms with van der Waals surface area (Å²) in [6, 6.07) is 11.9. The third-order valence-electron chi connectivity index (χ3n) is 4.61. The molecule has 1 amide bonds. The van der Waals surface area contributed by atoms with Crippen molar-refractivity contribution in [1.29, 1.82) is 0 Å². The van der Waals surface area contributed by atoms with Crippen LogP contribution in [-0.4, -0.2) is 20.5 Å². The van der Waals surface area contributed by atoms with Gasteiger partial charge in [0.1, 0.15) is 5.76 Å². The third kappa shape index (κ3) is 3.10. The highest BCUT2D eigenvalue weighted by Gasteiger charge is 2.18. The average molecular weight is 360 g/mol. The van der Waals surface area contributed by atoms with Crippen molar-refractivity contribution in [2.24, 2.45) is 0 Å². The number of nitrogens with one attached hydrogen (secondary N) is 1. The van der Waals surface area contributed by atoms with Crippen LogP contribution in [0.5, 0.6) is 0 Å². The number of hydrogen-bond acceptors (Lipinski definition) is 4. The van der Waals surface area contributed by atoms with Crippen LogP contribution in [0.1, 0.15) is 33.1 Å². The molecular weight excluding hydrogens is 340 g/mol. The molecule has 0 saturated carbocycles. The van der Waals surface area contributed by atoms with E-state index in [0.29, 0.717) is 17.9 Å². The van der Waals surface area contributed by atoms with Gasteiger partial charge in [0.15, 0.2) is 5.65 Å². The first kappa shape index (κ1) is 17.0. The zero-order valence-corrected chi connectivity index (χ0v) is 15.5. The summed E-state index contributed by atoms with van der Waals surface area (Å²) in [4.78, 5) is 17.1. The molecule has 0 spiro atoms. The highest BCUT2D eigenvalue weighted by atomic mass is 16.3. The molecule has 0 unspecified atom stereocenters.